The molecule has 7 nitrogen and oxygen atoms in total. The lowest BCUT2D eigenvalue weighted by Gasteiger charge is -2.35. The SMILES string of the molecule is CC1CN(Cc2ccc(CNC(=O)c3ccc(S(=O)(=O)N4CCCCC4C)cc3)cc2)CC(C)O1. The van der Waals surface area contributed by atoms with Crippen LogP contribution in [-0.2, 0) is 27.8 Å². The van der Waals surface area contributed by atoms with Crippen LogP contribution in [0.3, 0.4) is 0 Å². The van der Waals surface area contributed by atoms with Crippen molar-refractivity contribution in [3.05, 3.63) is 65.2 Å². The van der Waals surface area contributed by atoms with Gasteiger partial charge in [0.2, 0.25) is 10.0 Å². The number of amides is 1. The molecule has 1 amide bonds. The van der Waals surface area contributed by atoms with E-state index in [1.54, 1.807) is 16.4 Å². The van der Waals surface area contributed by atoms with Gasteiger partial charge in [0.05, 0.1) is 17.1 Å². The van der Waals surface area contributed by atoms with Crippen LogP contribution >= 0.6 is 0 Å². The molecule has 35 heavy (non-hydrogen) atoms. The molecule has 2 aliphatic heterocycles. The van der Waals surface area contributed by atoms with Crippen molar-refractivity contribution in [1.82, 2.24) is 14.5 Å². The van der Waals surface area contributed by atoms with Crippen LogP contribution in [-0.4, -0.2) is 61.4 Å². The van der Waals surface area contributed by atoms with Gasteiger partial charge in [-0.25, -0.2) is 8.42 Å². The number of nitrogens with one attached hydrogen (secondary N) is 1. The van der Waals surface area contributed by atoms with Crippen LogP contribution in [0.5, 0.6) is 0 Å². The molecule has 2 aliphatic rings. The molecule has 2 saturated heterocycles. The van der Waals surface area contributed by atoms with Gasteiger partial charge >= 0.3 is 0 Å². The van der Waals surface area contributed by atoms with Gasteiger partial charge in [-0.2, -0.15) is 4.31 Å². The van der Waals surface area contributed by atoms with Crippen molar-refractivity contribution in [1.29, 1.82) is 0 Å². The third kappa shape index (κ3) is 6.50. The zero-order valence-corrected chi connectivity index (χ0v) is 21.8. The number of piperidine rings is 1. The van der Waals surface area contributed by atoms with Crippen molar-refractivity contribution < 1.29 is 17.9 Å². The number of rotatable bonds is 7. The van der Waals surface area contributed by atoms with Crippen molar-refractivity contribution in [2.24, 2.45) is 0 Å². The predicted octanol–water partition coefficient (Wildman–Crippen LogP) is 3.79. The Morgan fingerprint density at radius 3 is 2.20 bits per heavy atom. The highest BCUT2D eigenvalue weighted by Gasteiger charge is 2.31. The van der Waals surface area contributed by atoms with E-state index in [-0.39, 0.29) is 29.1 Å². The first-order valence-electron chi connectivity index (χ1n) is 12.6. The lowest BCUT2D eigenvalue weighted by molar-refractivity contribution is -0.0704. The lowest BCUT2D eigenvalue weighted by atomic mass is 10.1. The summed E-state index contributed by atoms with van der Waals surface area (Å²) >= 11 is 0. The van der Waals surface area contributed by atoms with Crippen LogP contribution < -0.4 is 5.32 Å². The molecule has 0 spiro atoms. The van der Waals surface area contributed by atoms with Crippen LogP contribution in [0.25, 0.3) is 0 Å². The predicted molar refractivity (Wildman–Crippen MR) is 137 cm³/mol. The Balaban J connectivity index is 1.30. The van der Waals surface area contributed by atoms with Crippen molar-refractivity contribution >= 4 is 15.9 Å². The third-order valence-corrected chi connectivity index (χ3v) is 8.87. The summed E-state index contributed by atoms with van der Waals surface area (Å²) in [7, 11) is -3.54. The molecule has 3 atom stereocenters. The fraction of sp³-hybridized carbons (Fsp3) is 0.519. The Hall–Kier alpha value is -2.26. The molecule has 1 N–H and O–H groups in total. The average molecular weight is 500 g/mol. The summed E-state index contributed by atoms with van der Waals surface area (Å²) < 4.78 is 33.4. The summed E-state index contributed by atoms with van der Waals surface area (Å²) in [6, 6.07) is 14.5. The third-order valence-electron chi connectivity index (χ3n) is 6.84. The maximum Gasteiger partial charge on any atom is 0.251 e. The standard InChI is InChI=1S/C27H37N3O4S/c1-20-6-4-5-15-30(20)35(32,33)26-13-11-25(12-14-26)27(31)28-16-23-7-9-24(10-8-23)19-29-17-21(2)34-22(3)18-29/h7-14,20-22H,4-6,15-19H2,1-3H3,(H,28,31). The molecule has 2 fully saturated rings. The molecule has 0 saturated carbocycles. The summed E-state index contributed by atoms with van der Waals surface area (Å²) in [5.41, 5.74) is 2.70. The van der Waals surface area contributed by atoms with E-state index in [0.29, 0.717) is 18.7 Å². The van der Waals surface area contributed by atoms with Gasteiger partial charge in [0, 0.05) is 44.3 Å². The zero-order chi connectivity index (χ0) is 25.0. The number of morpholine rings is 1. The first-order chi connectivity index (χ1) is 16.7. The van der Waals surface area contributed by atoms with Gasteiger partial charge < -0.3 is 10.1 Å². The van der Waals surface area contributed by atoms with Crippen LogP contribution in [0.2, 0.25) is 0 Å². The molecule has 3 unspecified atom stereocenters. The highest BCUT2D eigenvalue weighted by molar-refractivity contribution is 7.89. The van der Waals surface area contributed by atoms with Gasteiger partial charge in [0.15, 0.2) is 0 Å². The molecule has 0 radical (unpaired) electrons. The quantitative estimate of drug-likeness (QED) is 0.627. The number of carbonyl (C=O) groups is 1. The van der Waals surface area contributed by atoms with Gasteiger partial charge in [0.25, 0.3) is 5.91 Å². The second-order valence-corrected chi connectivity index (χ2v) is 11.8. The van der Waals surface area contributed by atoms with Gasteiger partial charge in [-0.05, 0) is 69.0 Å². The minimum atomic E-state index is -3.54. The maximum absolute atomic E-state index is 13.0. The summed E-state index contributed by atoms with van der Waals surface area (Å²) in [5.74, 6) is -0.222. The highest BCUT2D eigenvalue weighted by atomic mass is 32.2. The van der Waals surface area contributed by atoms with E-state index in [1.807, 2.05) is 19.1 Å². The average Bonchev–Trinajstić information content (AvgIpc) is 2.83. The Morgan fingerprint density at radius 2 is 1.57 bits per heavy atom. The molecular weight excluding hydrogens is 462 g/mol. The van der Waals surface area contributed by atoms with Crippen molar-refractivity contribution in [3.8, 4) is 0 Å². The number of sulfonamides is 1. The molecule has 0 aliphatic carbocycles. The Kier molecular flexibility index (Phi) is 8.27. The summed E-state index contributed by atoms with van der Waals surface area (Å²) in [5, 5.41) is 2.93. The number of carbonyl (C=O) groups excluding carboxylic acids is 1. The molecule has 0 bridgehead atoms. The van der Waals surface area contributed by atoms with E-state index in [2.05, 4.69) is 36.2 Å². The monoisotopic (exact) mass is 499 g/mol. The summed E-state index contributed by atoms with van der Waals surface area (Å²) in [4.78, 5) is 15.3. The van der Waals surface area contributed by atoms with Crippen LogP contribution in [0, 0.1) is 0 Å². The van der Waals surface area contributed by atoms with E-state index in [0.717, 1.165) is 44.5 Å². The van der Waals surface area contributed by atoms with Crippen LogP contribution in [0.15, 0.2) is 53.4 Å². The van der Waals surface area contributed by atoms with Crippen molar-refractivity contribution in [2.45, 2.75) is 76.3 Å². The minimum absolute atomic E-state index is 0.00380. The van der Waals surface area contributed by atoms with Gasteiger partial charge in [-0.1, -0.05) is 30.7 Å². The van der Waals surface area contributed by atoms with E-state index >= 15 is 0 Å². The number of benzene rings is 2. The fourth-order valence-corrected chi connectivity index (χ4v) is 6.76. The van der Waals surface area contributed by atoms with Gasteiger partial charge in [-0.3, -0.25) is 9.69 Å². The first-order valence-corrected chi connectivity index (χ1v) is 14.0. The van der Waals surface area contributed by atoms with Gasteiger partial charge in [-0.15, -0.1) is 0 Å². The fourth-order valence-electron chi connectivity index (χ4n) is 5.06. The normalized spacial score (nSPS) is 24.3. The maximum atomic E-state index is 13.0. The number of ether oxygens (including phenoxy) is 1. The Bertz CT molecular complexity index is 1090. The van der Waals surface area contributed by atoms with Gasteiger partial charge in [0.1, 0.15) is 0 Å². The minimum Gasteiger partial charge on any atom is -0.373 e. The Morgan fingerprint density at radius 1 is 0.943 bits per heavy atom. The topological polar surface area (TPSA) is 79.0 Å². The van der Waals surface area contributed by atoms with E-state index < -0.39 is 10.0 Å². The van der Waals surface area contributed by atoms with Crippen LogP contribution in [0.4, 0.5) is 0 Å². The smallest absolute Gasteiger partial charge is 0.251 e. The number of nitrogens with zero attached hydrogens (tertiary/aromatic N) is 2. The van der Waals surface area contributed by atoms with E-state index in [4.69, 9.17) is 4.74 Å². The molecule has 8 heteroatoms. The molecule has 2 aromatic carbocycles. The molecule has 4 rings (SSSR count). The summed E-state index contributed by atoms with van der Waals surface area (Å²) in [6.45, 7) is 9.88. The zero-order valence-electron chi connectivity index (χ0n) is 20.9. The Labute approximate surface area is 209 Å². The van der Waals surface area contributed by atoms with Crippen molar-refractivity contribution in [2.75, 3.05) is 19.6 Å². The highest BCUT2D eigenvalue weighted by Crippen LogP contribution is 2.25. The van der Waals surface area contributed by atoms with E-state index in [1.165, 1.54) is 17.7 Å². The molecule has 190 valence electrons. The first kappa shape index (κ1) is 25.8. The van der Waals surface area contributed by atoms with Crippen molar-refractivity contribution in [3.63, 3.8) is 0 Å². The molecular formula is C27H37N3O4S. The number of hydrogen-bond donors (Lipinski definition) is 1. The molecule has 2 heterocycles. The largest absolute Gasteiger partial charge is 0.373 e. The molecule has 2 aromatic rings. The second-order valence-electron chi connectivity index (χ2n) is 9.94. The second kappa shape index (κ2) is 11.2. The van der Waals surface area contributed by atoms with Crippen LogP contribution in [0.1, 0.15) is 61.5 Å². The lowest BCUT2D eigenvalue weighted by Crippen LogP contribution is -2.44. The summed E-state index contributed by atoms with van der Waals surface area (Å²) in [6.07, 6.45) is 3.32. The molecule has 0 aromatic heterocycles. The van der Waals surface area contributed by atoms with E-state index in [9.17, 15) is 13.2 Å². The number of hydrogen-bond acceptors (Lipinski definition) is 5.